The number of hydrogen-bond acceptors (Lipinski definition) is 10. The normalized spacial score (nSPS) is 12.5. The topological polar surface area (TPSA) is 180 Å². The Labute approximate surface area is 186 Å². The van der Waals surface area contributed by atoms with Crippen molar-refractivity contribution in [3.05, 3.63) is 80.3 Å². The average molecular weight is 455 g/mol. The van der Waals surface area contributed by atoms with Crippen molar-refractivity contribution in [3.63, 3.8) is 0 Å². The highest BCUT2D eigenvalue weighted by molar-refractivity contribution is 5.77. The molecule has 1 aromatic heterocycles. The Morgan fingerprint density at radius 2 is 2.00 bits per heavy atom. The smallest absolute Gasteiger partial charge is 0.312 e. The fourth-order valence-electron chi connectivity index (χ4n) is 3.07. The van der Waals surface area contributed by atoms with Gasteiger partial charge in [-0.25, -0.2) is 4.98 Å². The van der Waals surface area contributed by atoms with Crippen molar-refractivity contribution in [2.45, 2.75) is 6.42 Å². The zero-order chi connectivity index (χ0) is 24.1. The molecule has 12 nitrogen and oxygen atoms in total. The Balaban J connectivity index is 1.98. The number of nitro benzene ring substituents is 1. The SMILES string of the molecule is COC(=O)C(Cc1nc2ccccc2[nH]c1=O)C([O-])=C(O)Nc1ccc(OC)cc1[N+](=O)[O-]. The summed E-state index contributed by atoms with van der Waals surface area (Å²) in [4.78, 5) is 42.1. The summed E-state index contributed by atoms with van der Waals surface area (Å²) >= 11 is 0. The van der Waals surface area contributed by atoms with Crippen molar-refractivity contribution in [3.8, 4) is 5.75 Å². The summed E-state index contributed by atoms with van der Waals surface area (Å²) in [5, 5.41) is 36.7. The van der Waals surface area contributed by atoms with Crippen LogP contribution in [0.15, 0.2) is 58.9 Å². The molecule has 0 saturated heterocycles. The molecule has 12 heteroatoms. The maximum atomic E-state index is 12.8. The van der Waals surface area contributed by atoms with Crippen LogP contribution in [-0.2, 0) is 16.0 Å². The number of aromatic amines is 1. The van der Waals surface area contributed by atoms with Gasteiger partial charge in [-0.3, -0.25) is 19.7 Å². The van der Waals surface area contributed by atoms with Gasteiger partial charge < -0.3 is 30.0 Å². The van der Waals surface area contributed by atoms with Crippen molar-refractivity contribution in [2.75, 3.05) is 19.5 Å². The molecule has 1 heterocycles. The van der Waals surface area contributed by atoms with Crippen molar-refractivity contribution >= 4 is 28.4 Å². The molecule has 0 amide bonds. The third-order valence-corrected chi connectivity index (χ3v) is 4.76. The van der Waals surface area contributed by atoms with Crippen LogP contribution in [0.5, 0.6) is 5.75 Å². The number of aliphatic hydroxyl groups excluding tert-OH is 1. The number of H-pyrrole nitrogens is 1. The lowest BCUT2D eigenvalue weighted by atomic mass is 10.0. The molecular formula is C21H19N4O8-. The number of aliphatic hydroxyl groups is 1. The third-order valence-electron chi connectivity index (χ3n) is 4.76. The Bertz CT molecular complexity index is 1300. The lowest BCUT2D eigenvalue weighted by Gasteiger charge is -2.23. The first kappa shape index (κ1) is 23.1. The zero-order valence-electron chi connectivity index (χ0n) is 17.5. The maximum Gasteiger partial charge on any atom is 0.312 e. The van der Waals surface area contributed by atoms with Gasteiger partial charge in [0.25, 0.3) is 11.2 Å². The van der Waals surface area contributed by atoms with Gasteiger partial charge in [-0.15, -0.1) is 0 Å². The van der Waals surface area contributed by atoms with E-state index in [-0.39, 0.29) is 17.1 Å². The Morgan fingerprint density at radius 3 is 2.67 bits per heavy atom. The van der Waals surface area contributed by atoms with E-state index in [0.29, 0.717) is 11.0 Å². The molecule has 0 aliphatic rings. The minimum absolute atomic E-state index is 0.124. The number of nitro groups is 1. The molecule has 1 unspecified atom stereocenters. The van der Waals surface area contributed by atoms with Gasteiger partial charge in [0.15, 0.2) is 5.88 Å². The van der Waals surface area contributed by atoms with Crippen LogP contribution in [0, 0.1) is 16.0 Å². The molecule has 33 heavy (non-hydrogen) atoms. The van der Waals surface area contributed by atoms with Crippen molar-refractivity contribution in [1.82, 2.24) is 9.97 Å². The van der Waals surface area contributed by atoms with Crippen molar-refractivity contribution in [1.29, 1.82) is 0 Å². The fraction of sp³-hybridized carbons (Fsp3) is 0.190. The molecule has 0 fully saturated rings. The molecule has 0 aliphatic carbocycles. The number of esters is 1. The molecule has 0 spiro atoms. The second-order valence-corrected chi connectivity index (χ2v) is 6.79. The van der Waals surface area contributed by atoms with E-state index in [1.54, 1.807) is 24.3 Å². The van der Waals surface area contributed by atoms with Crippen LogP contribution in [0.2, 0.25) is 0 Å². The second kappa shape index (κ2) is 9.68. The summed E-state index contributed by atoms with van der Waals surface area (Å²) < 4.78 is 9.58. The first-order chi connectivity index (χ1) is 15.7. The summed E-state index contributed by atoms with van der Waals surface area (Å²) in [7, 11) is 2.36. The first-order valence-corrected chi connectivity index (χ1v) is 9.50. The summed E-state index contributed by atoms with van der Waals surface area (Å²) in [5.41, 5.74) is -0.527. The van der Waals surface area contributed by atoms with Crippen LogP contribution in [0.25, 0.3) is 11.0 Å². The molecular weight excluding hydrogens is 436 g/mol. The summed E-state index contributed by atoms with van der Waals surface area (Å²) in [5.74, 6) is -4.65. The largest absolute Gasteiger partial charge is 0.871 e. The van der Waals surface area contributed by atoms with Gasteiger partial charge in [0.05, 0.1) is 42.2 Å². The number of carbonyl (C=O) groups is 1. The molecule has 0 bridgehead atoms. The van der Waals surface area contributed by atoms with E-state index < -0.39 is 46.1 Å². The number of methoxy groups -OCH3 is 2. The highest BCUT2D eigenvalue weighted by atomic mass is 16.6. The molecule has 172 valence electrons. The van der Waals surface area contributed by atoms with Crippen LogP contribution in [0.4, 0.5) is 11.4 Å². The monoisotopic (exact) mass is 455 g/mol. The molecule has 0 radical (unpaired) electrons. The highest BCUT2D eigenvalue weighted by Gasteiger charge is 2.25. The van der Waals surface area contributed by atoms with E-state index in [0.717, 1.165) is 13.2 Å². The number of aromatic nitrogens is 2. The third kappa shape index (κ3) is 5.01. The molecule has 3 aromatic rings. The van der Waals surface area contributed by atoms with E-state index in [2.05, 4.69) is 20.0 Å². The number of benzene rings is 2. The van der Waals surface area contributed by atoms with Gasteiger partial charge in [-0.05, 0) is 24.3 Å². The molecule has 2 aromatic carbocycles. The van der Waals surface area contributed by atoms with Gasteiger partial charge in [0, 0.05) is 6.42 Å². The number of ether oxygens (including phenoxy) is 2. The Morgan fingerprint density at radius 1 is 1.27 bits per heavy atom. The minimum atomic E-state index is -1.63. The number of fused-ring (bicyclic) bond motifs is 1. The van der Waals surface area contributed by atoms with Gasteiger partial charge in [-0.1, -0.05) is 17.9 Å². The van der Waals surface area contributed by atoms with Crippen LogP contribution >= 0.6 is 0 Å². The maximum absolute atomic E-state index is 12.8. The van der Waals surface area contributed by atoms with Crippen LogP contribution in [0.1, 0.15) is 5.69 Å². The van der Waals surface area contributed by atoms with E-state index in [4.69, 9.17) is 4.74 Å². The van der Waals surface area contributed by atoms with E-state index in [1.807, 2.05) is 0 Å². The first-order valence-electron chi connectivity index (χ1n) is 9.50. The quantitative estimate of drug-likeness (QED) is 0.194. The van der Waals surface area contributed by atoms with Gasteiger partial charge in [0.2, 0.25) is 0 Å². The molecule has 1 atom stereocenters. The lowest BCUT2D eigenvalue weighted by Crippen LogP contribution is -2.32. The molecule has 3 rings (SSSR count). The lowest BCUT2D eigenvalue weighted by molar-refractivity contribution is -0.384. The fourth-order valence-corrected chi connectivity index (χ4v) is 3.07. The minimum Gasteiger partial charge on any atom is -0.871 e. The molecule has 0 saturated carbocycles. The van der Waals surface area contributed by atoms with E-state index >= 15 is 0 Å². The average Bonchev–Trinajstić information content (AvgIpc) is 2.81. The predicted molar refractivity (Wildman–Crippen MR) is 114 cm³/mol. The van der Waals surface area contributed by atoms with Crippen molar-refractivity contribution < 1.29 is 29.4 Å². The van der Waals surface area contributed by atoms with E-state index in [9.17, 15) is 29.9 Å². The highest BCUT2D eigenvalue weighted by Crippen LogP contribution is 2.30. The zero-order valence-corrected chi connectivity index (χ0v) is 17.5. The van der Waals surface area contributed by atoms with Crippen LogP contribution < -0.4 is 20.7 Å². The van der Waals surface area contributed by atoms with Gasteiger partial charge in [0.1, 0.15) is 17.1 Å². The van der Waals surface area contributed by atoms with Crippen LogP contribution in [-0.4, -0.2) is 40.2 Å². The van der Waals surface area contributed by atoms with Gasteiger partial charge in [-0.2, -0.15) is 0 Å². The number of nitrogens with one attached hydrogen (secondary N) is 2. The summed E-state index contributed by atoms with van der Waals surface area (Å²) in [6, 6.07) is 10.4. The van der Waals surface area contributed by atoms with Crippen LogP contribution in [0.3, 0.4) is 0 Å². The van der Waals surface area contributed by atoms with Crippen molar-refractivity contribution in [2.24, 2.45) is 5.92 Å². The van der Waals surface area contributed by atoms with E-state index in [1.165, 1.54) is 19.2 Å². The number of hydrogen-bond donors (Lipinski definition) is 3. The summed E-state index contributed by atoms with van der Waals surface area (Å²) in [6.07, 6.45) is -0.470. The number of para-hydroxylation sites is 2. The number of carbonyl (C=O) groups excluding carboxylic acids is 1. The Hall–Kier alpha value is -4.61. The number of nitrogens with zero attached hydrogens (tertiary/aromatic N) is 2. The molecule has 3 N–H and O–H groups in total. The van der Waals surface area contributed by atoms with Gasteiger partial charge >= 0.3 is 5.97 Å². The molecule has 0 aliphatic heterocycles. The Kier molecular flexibility index (Phi) is 6.77. The predicted octanol–water partition coefficient (Wildman–Crippen LogP) is 1.37. The number of anilines is 1. The standard InChI is InChI=1S/C21H20N4O8/c1-32-11-7-8-15(17(9-11)25(30)31)24-20(28)18(26)12(21(29)33-2)10-16-19(27)23-14-6-4-3-5-13(14)22-16/h3-9,12,24,26,28H,10H2,1-2H3,(H,23,27)/p-1. The second-order valence-electron chi connectivity index (χ2n) is 6.79. The number of rotatable bonds is 8. The summed E-state index contributed by atoms with van der Waals surface area (Å²) in [6.45, 7) is 0.